The quantitative estimate of drug-likeness (QED) is 0.331. The minimum Gasteiger partial charge on any atom is -0.351 e. The van der Waals surface area contributed by atoms with Crippen molar-refractivity contribution in [1.82, 2.24) is 9.97 Å². The van der Waals surface area contributed by atoms with Crippen LogP contribution in [-0.2, 0) is 17.0 Å². The molecule has 36 heavy (non-hydrogen) atoms. The first-order valence-corrected chi connectivity index (χ1v) is 12.8. The van der Waals surface area contributed by atoms with Crippen LogP contribution < -0.4 is 21.3 Å². The predicted molar refractivity (Wildman–Crippen MR) is 129 cm³/mol. The van der Waals surface area contributed by atoms with Crippen LogP contribution in [0.1, 0.15) is 30.4 Å². The lowest BCUT2D eigenvalue weighted by atomic mass is 10.0. The molecule has 196 valence electrons. The molecular formula is C22H26F5N7OS. The average molecular weight is 532 g/mol. The Labute approximate surface area is 206 Å². The Morgan fingerprint density at radius 2 is 1.92 bits per heavy atom. The maximum atomic E-state index is 14.4. The topological polar surface area (TPSA) is 120 Å². The summed E-state index contributed by atoms with van der Waals surface area (Å²) in [5.74, 6) is -2.10. The van der Waals surface area contributed by atoms with Gasteiger partial charge in [-0.05, 0) is 37.5 Å². The number of nitrogens with two attached hydrogens (primary N) is 1. The molecule has 1 unspecified atom stereocenters. The highest BCUT2D eigenvalue weighted by molar-refractivity contribution is 7.85. The first-order chi connectivity index (χ1) is 17.0. The van der Waals surface area contributed by atoms with Gasteiger partial charge in [0.25, 0.3) is 5.92 Å². The molecule has 0 spiro atoms. The van der Waals surface area contributed by atoms with Gasteiger partial charge in [-0.25, -0.2) is 8.78 Å². The summed E-state index contributed by atoms with van der Waals surface area (Å²) < 4.78 is 80.2. The monoisotopic (exact) mass is 531 g/mol. The normalized spacial score (nSPS) is 24.3. The van der Waals surface area contributed by atoms with Gasteiger partial charge in [-0.1, -0.05) is 6.07 Å². The lowest BCUT2D eigenvalue weighted by molar-refractivity contribution is -0.137. The summed E-state index contributed by atoms with van der Waals surface area (Å²) in [4.78, 5) is 10.1. The van der Waals surface area contributed by atoms with Gasteiger partial charge in [-0.2, -0.15) is 23.1 Å². The molecule has 1 atom stereocenters. The molecular weight excluding hydrogens is 505 g/mol. The van der Waals surface area contributed by atoms with E-state index in [1.165, 1.54) is 17.0 Å². The van der Waals surface area contributed by atoms with Gasteiger partial charge in [0, 0.05) is 46.8 Å². The minimum atomic E-state index is -4.56. The number of alkyl halides is 5. The van der Waals surface area contributed by atoms with Gasteiger partial charge >= 0.3 is 6.18 Å². The second kappa shape index (κ2) is 10.2. The third-order valence-corrected chi connectivity index (χ3v) is 7.58. The van der Waals surface area contributed by atoms with Crippen LogP contribution in [0.3, 0.4) is 0 Å². The van der Waals surface area contributed by atoms with Gasteiger partial charge in [0.15, 0.2) is 0 Å². The highest BCUT2D eigenvalue weighted by atomic mass is 32.2. The van der Waals surface area contributed by atoms with Crippen LogP contribution >= 0.6 is 0 Å². The predicted octanol–water partition coefficient (Wildman–Crippen LogP) is 3.73. The summed E-state index contributed by atoms with van der Waals surface area (Å²) in [6, 6.07) is 3.02. The van der Waals surface area contributed by atoms with Gasteiger partial charge in [0.05, 0.1) is 23.7 Å². The van der Waals surface area contributed by atoms with Crippen molar-refractivity contribution in [2.24, 2.45) is 5.73 Å². The Kier molecular flexibility index (Phi) is 7.46. The Hall–Kier alpha value is -2.87. The highest BCUT2D eigenvalue weighted by Gasteiger charge is 2.43. The summed E-state index contributed by atoms with van der Waals surface area (Å²) in [6.07, 6.45) is -2.52. The van der Waals surface area contributed by atoms with Crippen LogP contribution in [0, 0.1) is 5.41 Å². The SMILES string of the molecule is N=Cc1c(Nc2cccc(C(F)(F)F)c2)nc(NC2CCS(=O)CC2)nc1N1CCC(N)C(F)(F)C1. The van der Waals surface area contributed by atoms with Crippen LogP contribution in [0.2, 0.25) is 0 Å². The molecule has 2 aromatic rings. The fourth-order valence-electron chi connectivity index (χ4n) is 4.16. The molecule has 3 heterocycles. The molecule has 14 heteroatoms. The third kappa shape index (κ3) is 5.91. The molecule has 2 aliphatic heterocycles. The number of rotatable bonds is 6. The number of aromatic nitrogens is 2. The van der Waals surface area contributed by atoms with Gasteiger partial charge in [0.2, 0.25) is 5.95 Å². The first-order valence-electron chi connectivity index (χ1n) is 11.3. The minimum absolute atomic E-state index is 0.00519. The van der Waals surface area contributed by atoms with Crippen molar-refractivity contribution in [2.45, 2.75) is 43.4 Å². The molecule has 2 fully saturated rings. The van der Waals surface area contributed by atoms with Crippen molar-refractivity contribution in [3.05, 3.63) is 35.4 Å². The molecule has 0 radical (unpaired) electrons. The molecule has 1 aromatic heterocycles. The molecule has 1 aromatic carbocycles. The van der Waals surface area contributed by atoms with E-state index in [2.05, 4.69) is 20.6 Å². The first kappa shape index (κ1) is 26.2. The zero-order valence-corrected chi connectivity index (χ0v) is 19.9. The molecule has 0 bridgehead atoms. The summed E-state index contributed by atoms with van der Waals surface area (Å²) in [5.41, 5.74) is 4.80. The molecule has 2 aliphatic rings. The molecule has 2 saturated heterocycles. The summed E-state index contributed by atoms with van der Waals surface area (Å²) in [5, 5.41) is 13.9. The summed E-state index contributed by atoms with van der Waals surface area (Å²) in [6.45, 7) is -0.573. The van der Waals surface area contributed by atoms with Gasteiger partial charge < -0.3 is 26.7 Å². The molecule has 8 nitrogen and oxygen atoms in total. The van der Waals surface area contributed by atoms with Crippen LogP contribution in [0.4, 0.5) is 45.2 Å². The lowest BCUT2D eigenvalue weighted by Gasteiger charge is -2.38. The third-order valence-electron chi connectivity index (χ3n) is 6.20. The van der Waals surface area contributed by atoms with E-state index in [4.69, 9.17) is 11.1 Å². The molecule has 0 saturated carbocycles. The van der Waals surface area contributed by atoms with Crippen molar-refractivity contribution >= 4 is 40.3 Å². The number of anilines is 4. The number of nitrogens with one attached hydrogen (secondary N) is 3. The van der Waals surface area contributed by atoms with E-state index in [1.807, 2.05) is 0 Å². The number of hydrogen-bond acceptors (Lipinski definition) is 8. The van der Waals surface area contributed by atoms with E-state index in [0.29, 0.717) is 24.3 Å². The van der Waals surface area contributed by atoms with Crippen molar-refractivity contribution in [3.63, 3.8) is 0 Å². The van der Waals surface area contributed by atoms with Crippen LogP contribution in [-0.4, -0.2) is 63.0 Å². The Bertz CT molecular complexity index is 1140. The summed E-state index contributed by atoms with van der Waals surface area (Å²) >= 11 is 0. The fraction of sp³-hybridized carbons (Fsp3) is 0.500. The second-order valence-electron chi connectivity index (χ2n) is 8.83. The Morgan fingerprint density at radius 1 is 1.19 bits per heavy atom. The van der Waals surface area contributed by atoms with Crippen molar-refractivity contribution in [3.8, 4) is 0 Å². The van der Waals surface area contributed by atoms with E-state index in [0.717, 1.165) is 18.3 Å². The lowest BCUT2D eigenvalue weighted by Crippen LogP contribution is -2.55. The van der Waals surface area contributed by atoms with E-state index in [1.54, 1.807) is 0 Å². The zero-order valence-electron chi connectivity index (χ0n) is 19.1. The molecule has 4 rings (SSSR count). The fourth-order valence-corrected chi connectivity index (χ4v) is 5.46. The standard InChI is InChI=1S/C22H26F5N7OS/c23-21(24)12-34(7-4-17(21)29)19-16(11-28)18(30-15-3-1-2-13(10-15)22(25,26)27)32-20(33-19)31-14-5-8-36(35)9-6-14/h1-3,10-11,14,17,28H,4-9,12,29H2,(H2,30,31,32,33). The maximum Gasteiger partial charge on any atom is 0.416 e. The largest absolute Gasteiger partial charge is 0.416 e. The molecule has 0 amide bonds. The summed E-state index contributed by atoms with van der Waals surface area (Å²) in [7, 11) is -0.903. The molecule has 5 N–H and O–H groups in total. The maximum absolute atomic E-state index is 14.4. The van der Waals surface area contributed by atoms with E-state index in [-0.39, 0.29) is 47.8 Å². The van der Waals surface area contributed by atoms with E-state index < -0.39 is 41.0 Å². The molecule has 0 aliphatic carbocycles. The van der Waals surface area contributed by atoms with Crippen molar-refractivity contribution in [2.75, 3.05) is 40.1 Å². The zero-order chi connectivity index (χ0) is 26.1. The number of halogens is 5. The second-order valence-corrected chi connectivity index (χ2v) is 10.5. The number of piperidine rings is 1. The van der Waals surface area contributed by atoms with Gasteiger partial charge in [-0.3, -0.25) is 4.21 Å². The Balaban J connectivity index is 1.72. The smallest absolute Gasteiger partial charge is 0.351 e. The highest BCUT2D eigenvalue weighted by Crippen LogP contribution is 2.35. The van der Waals surface area contributed by atoms with E-state index in [9.17, 15) is 26.2 Å². The average Bonchev–Trinajstić information content (AvgIpc) is 2.82. The van der Waals surface area contributed by atoms with Gasteiger partial charge in [0.1, 0.15) is 11.6 Å². The number of benzene rings is 1. The van der Waals surface area contributed by atoms with Crippen molar-refractivity contribution < 1.29 is 26.2 Å². The van der Waals surface area contributed by atoms with Crippen LogP contribution in [0.25, 0.3) is 0 Å². The van der Waals surface area contributed by atoms with Gasteiger partial charge in [-0.15, -0.1) is 0 Å². The van der Waals surface area contributed by atoms with Crippen LogP contribution in [0.5, 0.6) is 0 Å². The Morgan fingerprint density at radius 3 is 2.56 bits per heavy atom. The number of hydrogen-bond donors (Lipinski definition) is 4. The van der Waals surface area contributed by atoms with Crippen LogP contribution in [0.15, 0.2) is 24.3 Å². The number of nitrogens with zero attached hydrogens (tertiary/aromatic N) is 3. The van der Waals surface area contributed by atoms with Crippen molar-refractivity contribution in [1.29, 1.82) is 5.41 Å². The van der Waals surface area contributed by atoms with E-state index >= 15 is 0 Å².